The third-order valence-electron chi connectivity index (χ3n) is 3.89. The largest absolute Gasteiger partial charge is 0.491 e. The van der Waals surface area contributed by atoms with Crippen molar-refractivity contribution in [1.82, 2.24) is 0 Å². The van der Waals surface area contributed by atoms with Gasteiger partial charge in [-0.25, -0.2) is 0 Å². The number of anilines is 3. The van der Waals surface area contributed by atoms with Crippen LogP contribution in [-0.2, 0) is 4.74 Å². The Morgan fingerprint density at radius 3 is 2.26 bits per heavy atom. The van der Waals surface area contributed by atoms with E-state index in [0.717, 1.165) is 17.1 Å². The van der Waals surface area contributed by atoms with Crippen molar-refractivity contribution in [1.29, 1.82) is 0 Å². The van der Waals surface area contributed by atoms with Crippen LogP contribution >= 0.6 is 0 Å². The van der Waals surface area contributed by atoms with Crippen LogP contribution in [0.4, 0.5) is 17.1 Å². The summed E-state index contributed by atoms with van der Waals surface area (Å²) in [6.45, 7) is 1.02. The molecular formula is C22H22N2O3. The number of ether oxygens (including phenoxy) is 2. The Kier molecular flexibility index (Phi) is 6.44. The van der Waals surface area contributed by atoms with Crippen LogP contribution in [0.5, 0.6) is 5.75 Å². The van der Waals surface area contributed by atoms with Crippen LogP contribution < -0.4 is 15.4 Å². The molecule has 2 N–H and O–H groups in total. The van der Waals surface area contributed by atoms with Gasteiger partial charge in [-0.1, -0.05) is 30.3 Å². The number of hydrogen-bond donors (Lipinski definition) is 2. The maximum Gasteiger partial charge on any atom is 0.257 e. The third-order valence-corrected chi connectivity index (χ3v) is 3.89. The first kappa shape index (κ1) is 18.5. The lowest BCUT2D eigenvalue weighted by molar-refractivity contribution is 0.102. The van der Waals surface area contributed by atoms with E-state index < -0.39 is 0 Å². The first-order valence-electron chi connectivity index (χ1n) is 8.70. The van der Waals surface area contributed by atoms with Crippen LogP contribution in [0.25, 0.3) is 0 Å². The maximum atomic E-state index is 12.7. The summed E-state index contributed by atoms with van der Waals surface area (Å²) in [5.41, 5.74) is 2.95. The Bertz CT molecular complexity index is 864. The van der Waals surface area contributed by atoms with Gasteiger partial charge in [0.1, 0.15) is 12.4 Å². The minimum absolute atomic E-state index is 0.179. The van der Waals surface area contributed by atoms with Gasteiger partial charge in [0.05, 0.1) is 17.9 Å². The van der Waals surface area contributed by atoms with Gasteiger partial charge in [0.25, 0.3) is 5.91 Å². The van der Waals surface area contributed by atoms with Gasteiger partial charge in [-0.2, -0.15) is 0 Å². The lowest BCUT2D eigenvalue weighted by Gasteiger charge is -2.13. The van der Waals surface area contributed by atoms with Crippen molar-refractivity contribution >= 4 is 23.0 Å². The van der Waals surface area contributed by atoms with Gasteiger partial charge in [-0.15, -0.1) is 0 Å². The van der Waals surface area contributed by atoms with Crippen LogP contribution in [0.2, 0.25) is 0 Å². The molecular weight excluding hydrogens is 340 g/mol. The van der Waals surface area contributed by atoms with Gasteiger partial charge in [0.2, 0.25) is 0 Å². The fourth-order valence-corrected chi connectivity index (χ4v) is 2.54. The molecule has 0 bridgehead atoms. The van der Waals surface area contributed by atoms with Crippen LogP contribution in [0, 0.1) is 0 Å². The van der Waals surface area contributed by atoms with E-state index in [0.29, 0.717) is 24.5 Å². The van der Waals surface area contributed by atoms with Gasteiger partial charge in [0, 0.05) is 18.5 Å². The second-order valence-electron chi connectivity index (χ2n) is 5.86. The number of rotatable bonds is 8. The van der Waals surface area contributed by atoms with E-state index >= 15 is 0 Å². The Hall–Kier alpha value is -3.31. The first-order valence-corrected chi connectivity index (χ1v) is 8.70. The monoisotopic (exact) mass is 362 g/mol. The Morgan fingerprint density at radius 1 is 0.815 bits per heavy atom. The average Bonchev–Trinajstić information content (AvgIpc) is 2.71. The number of methoxy groups -OCH3 is 1. The molecule has 0 fully saturated rings. The molecule has 0 atom stereocenters. The topological polar surface area (TPSA) is 59.6 Å². The molecule has 1 amide bonds. The second kappa shape index (κ2) is 9.40. The Morgan fingerprint density at radius 2 is 1.52 bits per heavy atom. The zero-order valence-corrected chi connectivity index (χ0v) is 15.1. The fourth-order valence-electron chi connectivity index (χ4n) is 2.54. The van der Waals surface area contributed by atoms with Crippen molar-refractivity contribution in [2.24, 2.45) is 0 Å². The SMILES string of the molecule is COCCOc1ccc(NC(=O)c2ccccc2Nc2ccccc2)cc1. The molecule has 0 aromatic heterocycles. The van der Waals surface area contributed by atoms with E-state index in [4.69, 9.17) is 9.47 Å². The van der Waals surface area contributed by atoms with Gasteiger partial charge < -0.3 is 20.1 Å². The maximum absolute atomic E-state index is 12.7. The second-order valence-corrected chi connectivity index (χ2v) is 5.86. The van der Waals surface area contributed by atoms with Crippen molar-refractivity contribution in [3.05, 3.63) is 84.4 Å². The number of para-hydroxylation sites is 2. The van der Waals surface area contributed by atoms with Crippen molar-refractivity contribution < 1.29 is 14.3 Å². The molecule has 0 radical (unpaired) electrons. The zero-order valence-electron chi connectivity index (χ0n) is 15.1. The molecule has 5 heteroatoms. The van der Waals surface area contributed by atoms with Gasteiger partial charge in [0.15, 0.2) is 0 Å². The van der Waals surface area contributed by atoms with Crippen LogP contribution in [0.1, 0.15) is 10.4 Å². The van der Waals surface area contributed by atoms with Gasteiger partial charge in [-0.3, -0.25) is 4.79 Å². The molecule has 3 aromatic carbocycles. The molecule has 0 aliphatic carbocycles. The molecule has 3 rings (SSSR count). The molecule has 0 saturated heterocycles. The summed E-state index contributed by atoms with van der Waals surface area (Å²) in [7, 11) is 1.63. The number of amides is 1. The smallest absolute Gasteiger partial charge is 0.257 e. The summed E-state index contributed by atoms with van der Waals surface area (Å²) in [5, 5.41) is 6.20. The minimum Gasteiger partial charge on any atom is -0.491 e. The number of carbonyl (C=O) groups is 1. The van der Waals surface area contributed by atoms with E-state index in [1.807, 2.05) is 72.8 Å². The van der Waals surface area contributed by atoms with Crippen molar-refractivity contribution in [2.75, 3.05) is 31.0 Å². The predicted molar refractivity (Wildman–Crippen MR) is 108 cm³/mol. The molecule has 0 aliphatic heterocycles. The van der Waals surface area contributed by atoms with Crippen LogP contribution in [0.15, 0.2) is 78.9 Å². The zero-order chi connectivity index (χ0) is 18.9. The highest BCUT2D eigenvalue weighted by Crippen LogP contribution is 2.22. The Labute approximate surface area is 158 Å². The van der Waals surface area contributed by atoms with E-state index in [-0.39, 0.29) is 5.91 Å². The molecule has 0 unspecified atom stereocenters. The van der Waals surface area contributed by atoms with Crippen molar-refractivity contribution in [3.63, 3.8) is 0 Å². The van der Waals surface area contributed by atoms with Crippen molar-refractivity contribution in [2.45, 2.75) is 0 Å². The normalized spacial score (nSPS) is 10.3. The quantitative estimate of drug-likeness (QED) is 0.570. The molecule has 27 heavy (non-hydrogen) atoms. The van der Waals surface area contributed by atoms with Gasteiger partial charge in [-0.05, 0) is 48.5 Å². The van der Waals surface area contributed by atoms with E-state index in [1.54, 1.807) is 13.2 Å². The Balaban J connectivity index is 1.67. The minimum atomic E-state index is -0.179. The summed E-state index contributed by atoms with van der Waals surface area (Å²) < 4.78 is 10.5. The summed E-state index contributed by atoms with van der Waals surface area (Å²) >= 11 is 0. The highest BCUT2D eigenvalue weighted by molar-refractivity contribution is 6.08. The summed E-state index contributed by atoms with van der Waals surface area (Å²) in [6.07, 6.45) is 0. The summed E-state index contributed by atoms with van der Waals surface area (Å²) in [5.74, 6) is 0.554. The predicted octanol–water partition coefficient (Wildman–Crippen LogP) is 4.71. The molecule has 138 valence electrons. The highest BCUT2D eigenvalue weighted by atomic mass is 16.5. The lowest BCUT2D eigenvalue weighted by atomic mass is 10.1. The molecule has 5 nitrogen and oxygen atoms in total. The fraction of sp³-hybridized carbons (Fsp3) is 0.136. The van der Waals surface area contributed by atoms with Crippen molar-refractivity contribution in [3.8, 4) is 5.75 Å². The van der Waals surface area contributed by atoms with Crippen LogP contribution in [-0.4, -0.2) is 26.2 Å². The van der Waals surface area contributed by atoms with Crippen LogP contribution in [0.3, 0.4) is 0 Å². The van der Waals surface area contributed by atoms with Gasteiger partial charge >= 0.3 is 0 Å². The molecule has 0 heterocycles. The standard InChI is InChI=1S/C22H22N2O3/c1-26-15-16-27-19-13-11-18(12-14-19)24-22(25)20-9-5-6-10-21(20)23-17-7-3-2-4-8-17/h2-14,23H,15-16H2,1H3,(H,24,25). The number of hydrogen-bond acceptors (Lipinski definition) is 4. The summed E-state index contributed by atoms with van der Waals surface area (Å²) in [6, 6.07) is 24.4. The summed E-state index contributed by atoms with van der Waals surface area (Å²) in [4.78, 5) is 12.7. The molecule has 0 saturated carbocycles. The van der Waals surface area contributed by atoms with E-state index in [1.165, 1.54) is 0 Å². The highest BCUT2D eigenvalue weighted by Gasteiger charge is 2.11. The molecule has 3 aromatic rings. The molecule has 0 spiro atoms. The lowest BCUT2D eigenvalue weighted by Crippen LogP contribution is -2.13. The molecule has 0 aliphatic rings. The van der Waals surface area contributed by atoms with E-state index in [2.05, 4.69) is 10.6 Å². The number of nitrogens with one attached hydrogen (secondary N) is 2. The van der Waals surface area contributed by atoms with E-state index in [9.17, 15) is 4.79 Å². The number of carbonyl (C=O) groups excluding carboxylic acids is 1. The third kappa shape index (κ3) is 5.33. The first-order chi connectivity index (χ1) is 13.3. The average molecular weight is 362 g/mol. The number of benzene rings is 3.